The van der Waals surface area contributed by atoms with Crippen molar-refractivity contribution in [2.45, 2.75) is 13.3 Å². The maximum absolute atomic E-state index is 12.2. The van der Waals surface area contributed by atoms with Gasteiger partial charge in [0.25, 0.3) is 0 Å². The fourth-order valence-corrected chi connectivity index (χ4v) is 2.57. The number of carbonyl (C=O) groups is 2. The van der Waals surface area contributed by atoms with Crippen LogP contribution in [0.2, 0.25) is 5.02 Å². The highest BCUT2D eigenvalue weighted by Crippen LogP contribution is 2.35. The van der Waals surface area contributed by atoms with Gasteiger partial charge in [-0.15, -0.1) is 0 Å². The Morgan fingerprint density at radius 1 is 1.08 bits per heavy atom. The fraction of sp³-hybridized carbons (Fsp3) is 0.263. The van der Waals surface area contributed by atoms with Crippen LogP contribution in [0, 0.1) is 0 Å². The summed E-state index contributed by atoms with van der Waals surface area (Å²) in [6.45, 7) is 1.93. The van der Waals surface area contributed by atoms with Gasteiger partial charge in [-0.1, -0.05) is 23.7 Å². The Bertz CT molecular complexity index is 808. The zero-order valence-electron chi connectivity index (χ0n) is 14.9. The first-order chi connectivity index (χ1) is 12.4. The summed E-state index contributed by atoms with van der Waals surface area (Å²) < 4.78 is 10.4. The number of ketones is 1. The van der Waals surface area contributed by atoms with Gasteiger partial charge in [0, 0.05) is 36.3 Å². The second-order valence-electron chi connectivity index (χ2n) is 5.55. The molecule has 0 heterocycles. The molecule has 0 saturated heterocycles. The second-order valence-corrected chi connectivity index (χ2v) is 5.96. The highest BCUT2D eigenvalue weighted by atomic mass is 35.5. The molecule has 0 aliphatic rings. The van der Waals surface area contributed by atoms with Gasteiger partial charge in [0.1, 0.15) is 11.5 Å². The van der Waals surface area contributed by atoms with E-state index in [1.807, 2.05) is 6.07 Å². The minimum Gasteiger partial charge on any atom is -0.495 e. The van der Waals surface area contributed by atoms with Gasteiger partial charge in [0.15, 0.2) is 5.78 Å². The van der Waals surface area contributed by atoms with Crippen molar-refractivity contribution in [1.82, 2.24) is 0 Å². The average Bonchev–Trinajstić information content (AvgIpc) is 2.63. The Kier molecular flexibility index (Phi) is 6.86. The summed E-state index contributed by atoms with van der Waals surface area (Å²) in [7, 11) is 3.00. The van der Waals surface area contributed by atoms with Crippen LogP contribution in [-0.4, -0.2) is 32.5 Å². The van der Waals surface area contributed by atoms with Crippen molar-refractivity contribution in [1.29, 1.82) is 0 Å². The number of methoxy groups -OCH3 is 2. The third-order valence-electron chi connectivity index (χ3n) is 3.70. The largest absolute Gasteiger partial charge is 0.495 e. The lowest BCUT2D eigenvalue weighted by Crippen LogP contribution is -2.17. The molecule has 0 saturated carbocycles. The van der Waals surface area contributed by atoms with E-state index in [2.05, 4.69) is 10.6 Å². The molecule has 0 unspecified atom stereocenters. The Morgan fingerprint density at radius 3 is 2.46 bits per heavy atom. The zero-order valence-corrected chi connectivity index (χ0v) is 15.6. The summed E-state index contributed by atoms with van der Waals surface area (Å²) in [5.41, 5.74) is 1.89. The molecule has 26 heavy (non-hydrogen) atoms. The van der Waals surface area contributed by atoms with Crippen LogP contribution in [0.1, 0.15) is 23.7 Å². The van der Waals surface area contributed by atoms with Crippen LogP contribution in [0.3, 0.4) is 0 Å². The van der Waals surface area contributed by atoms with Gasteiger partial charge in [-0.05, 0) is 19.1 Å². The number of hydrogen-bond donors (Lipinski definition) is 2. The Morgan fingerprint density at radius 2 is 1.81 bits per heavy atom. The van der Waals surface area contributed by atoms with E-state index in [-0.39, 0.29) is 18.1 Å². The molecular weight excluding hydrogens is 356 g/mol. The van der Waals surface area contributed by atoms with Gasteiger partial charge in [-0.3, -0.25) is 9.59 Å². The number of halogens is 1. The van der Waals surface area contributed by atoms with E-state index in [1.165, 1.54) is 21.1 Å². The maximum Gasteiger partial charge on any atom is 0.226 e. The Labute approximate surface area is 157 Å². The minimum absolute atomic E-state index is 0.00447. The van der Waals surface area contributed by atoms with E-state index in [9.17, 15) is 9.59 Å². The normalized spacial score (nSPS) is 10.2. The van der Waals surface area contributed by atoms with E-state index in [4.69, 9.17) is 21.1 Å². The molecule has 0 aliphatic carbocycles. The van der Waals surface area contributed by atoms with Gasteiger partial charge >= 0.3 is 0 Å². The third-order valence-corrected chi connectivity index (χ3v) is 3.99. The summed E-state index contributed by atoms with van der Waals surface area (Å²) in [6.07, 6.45) is 0.235. The van der Waals surface area contributed by atoms with Crippen LogP contribution in [0.15, 0.2) is 36.4 Å². The summed E-state index contributed by atoms with van der Waals surface area (Å²) in [6, 6.07) is 10.3. The van der Waals surface area contributed by atoms with Crippen molar-refractivity contribution in [2.24, 2.45) is 0 Å². The lowest BCUT2D eigenvalue weighted by Gasteiger charge is -2.13. The minimum atomic E-state index is -0.192. The highest BCUT2D eigenvalue weighted by molar-refractivity contribution is 6.32. The molecule has 2 aromatic rings. The van der Waals surface area contributed by atoms with Gasteiger partial charge in [-0.2, -0.15) is 0 Å². The third kappa shape index (κ3) is 5.13. The molecule has 6 nitrogen and oxygen atoms in total. The number of amides is 1. The van der Waals surface area contributed by atoms with Crippen molar-refractivity contribution in [2.75, 3.05) is 31.4 Å². The van der Waals surface area contributed by atoms with Crippen molar-refractivity contribution in [3.63, 3.8) is 0 Å². The summed E-state index contributed by atoms with van der Waals surface area (Å²) >= 11 is 6.05. The topological polar surface area (TPSA) is 76.7 Å². The van der Waals surface area contributed by atoms with Crippen LogP contribution in [0.25, 0.3) is 0 Å². The van der Waals surface area contributed by atoms with Gasteiger partial charge in [0.2, 0.25) is 5.91 Å². The van der Waals surface area contributed by atoms with E-state index in [1.54, 1.807) is 30.3 Å². The maximum atomic E-state index is 12.2. The number of carbonyl (C=O) groups excluding carboxylic acids is 2. The molecule has 7 heteroatoms. The monoisotopic (exact) mass is 376 g/mol. The molecule has 0 fully saturated rings. The zero-order chi connectivity index (χ0) is 19.1. The number of nitrogens with one attached hydrogen (secondary N) is 2. The van der Waals surface area contributed by atoms with Crippen molar-refractivity contribution in [3.8, 4) is 11.5 Å². The lowest BCUT2D eigenvalue weighted by molar-refractivity contribution is -0.116. The van der Waals surface area contributed by atoms with Gasteiger partial charge in [-0.25, -0.2) is 0 Å². The molecule has 0 bridgehead atoms. The van der Waals surface area contributed by atoms with E-state index in [0.717, 1.165) is 5.69 Å². The van der Waals surface area contributed by atoms with Crippen LogP contribution in [0.4, 0.5) is 11.4 Å². The van der Waals surface area contributed by atoms with Crippen molar-refractivity contribution >= 4 is 34.7 Å². The number of Topliss-reactive ketones (excluding diaryl/α,β-unsaturated/α-hetero) is 1. The Hall–Kier alpha value is -2.73. The van der Waals surface area contributed by atoms with Crippen LogP contribution < -0.4 is 20.1 Å². The predicted octanol–water partition coefficient (Wildman–Crippen LogP) is 4.00. The molecule has 0 aromatic heterocycles. The first-order valence-corrected chi connectivity index (χ1v) is 8.38. The van der Waals surface area contributed by atoms with Crippen LogP contribution >= 0.6 is 11.6 Å². The first kappa shape index (κ1) is 19.6. The number of rotatable bonds is 8. The summed E-state index contributed by atoms with van der Waals surface area (Å²) in [4.78, 5) is 23.6. The van der Waals surface area contributed by atoms with Crippen molar-refractivity contribution in [3.05, 3.63) is 47.0 Å². The lowest BCUT2D eigenvalue weighted by atomic mass is 10.1. The SMILES string of the molecule is COc1cc(NC(=O)CCNc2cccc(C(C)=O)c2)c(OC)cc1Cl. The Balaban J connectivity index is 1.95. The molecule has 0 radical (unpaired) electrons. The molecular formula is C19H21ClN2O4. The van der Waals surface area contributed by atoms with Crippen molar-refractivity contribution < 1.29 is 19.1 Å². The summed E-state index contributed by atoms with van der Waals surface area (Å²) in [5.74, 6) is 0.700. The number of ether oxygens (including phenoxy) is 2. The second kappa shape index (κ2) is 9.10. The molecule has 0 aliphatic heterocycles. The number of hydrogen-bond acceptors (Lipinski definition) is 5. The smallest absolute Gasteiger partial charge is 0.226 e. The standard InChI is InChI=1S/C19H21ClN2O4/c1-12(23)13-5-4-6-14(9-13)21-8-7-19(24)22-16-11-17(25-2)15(20)10-18(16)26-3/h4-6,9-11,21H,7-8H2,1-3H3,(H,22,24). The van der Waals surface area contributed by atoms with E-state index >= 15 is 0 Å². The number of benzene rings is 2. The molecule has 0 spiro atoms. The molecule has 2 N–H and O–H groups in total. The van der Waals surface area contributed by atoms with Gasteiger partial charge in [0.05, 0.1) is 24.9 Å². The summed E-state index contributed by atoms with van der Waals surface area (Å²) in [5, 5.41) is 6.31. The van der Waals surface area contributed by atoms with Gasteiger partial charge < -0.3 is 20.1 Å². The fourth-order valence-electron chi connectivity index (χ4n) is 2.34. The molecule has 2 rings (SSSR count). The number of anilines is 2. The molecule has 2 aromatic carbocycles. The first-order valence-electron chi connectivity index (χ1n) is 8.01. The predicted molar refractivity (Wildman–Crippen MR) is 103 cm³/mol. The molecule has 138 valence electrons. The molecule has 1 amide bonds. The quantitative estimate of drug-likeness (QED) is 0.681. The average molecular weight is 377 g/mol. The van der Waals surface area contributed by atoms with E-state index < -0.39 is 0 Å². The van der Waals surface area contributed by atoms with E-state index in [0.29, 0.717) is 34.3 Å². The highest BCUT2D eigenvalue weighted by Gasteiger charge is 2.12. The van der Waals surface area contributed by atoms with Crippen LogP contribution in [-0.2, 0) is 4.79 Å². The van der Waals surface area contributed by atoms with Crippen LogP contribution in [0.5, 0.6) is 11.5 Å². The molecule has 0 atom stereocenters.